The molecule has 0 aliphatic carbocycles. The molecule has 2 rings (SSSR count). The Labute approximate surface area is 115 Å². The lowest BCUT2D eigenvalue weighted by atomic mass is 10.2. The van der Waals surface area contributed by atoms with Crippen LogP contribution in [0.2, 0.25) is 5.02 Å². The maximum Gasteiger partial charge on any atom is 0.101 e. The van der Waals surface area contributed by atoms with Crippen LogP contribution in [0.15, 0.2) is 47.4 Å². The molecule has 4 heteroatoms. The van der Waals surface area contributed by atoms with E-state index in [9.17, 15) is 0 Å². The number of rotatable bonds is 3. The minimum Gasteiger partial charge on any atom is -0.397 e. The molecule has 0 fully saturated rings. The molecule has 0 bridgehead atoms. The summed E-state index contributed by atoms with van der Waals surface area (Å²) in [5.41, 5.74) is 8.03. The van der Waals surface area contributed by atoms with E-state index < -0.39 is 0 Å². The normalized spacial score (nSPS) is 10.0. The van der Waals surface area contributed by atoms with Crippen molar-refractivity contribution in [2.75, 3.05) is 5.73 Å². The van der Waals surface area contributed by atoms with Crippen LogP contribution >= 0.6 is 23.4 Å². The number of hydrogen-bond acceptors (Lipinski definition) is 3. The number of halogens is 1. The van der Waals surface area contributed by atoms with Crippen molar-refractivity contribution < 1.29 is 0 Å². The van der Waals surface area contributed by atoms with Crippen molar-refractivity contribution in [2.45, 2.75) is 10.6 Å². The second kappa shape index (κ2) is 5.81. The molecule has 0 aliphatic rings. The Morgan fingerprint density at radius 2 is 1.94 bits per heavy atom. The molecule has 0 spiro atoms. The molecule has 2 N–H and O–H groups in total. The summed E-state index contributed by atoms with van der Waals surface area (Å²) >= 11 is 7.68. The minimum atomic E-state index is 0.513. The minimum absolute atomic E-state index is 0.513. The Balaban J connectivity index is 2.17. The Morgan fingerprint density at radius 1 is 1.17 bits per heavy atom. The number of nitrogens with two attached hydrogens (primary N) is 1. The van der Waals surface area contributed by atoms with Crippen LogP contribution in [0.25, 0.3) is 0 Å². The first kappa shape index (κ1) is 12.8. The predicted molar refractivity (Wildman–Crippen MR) is 76.6 cm³/mol. The lowest BCUT2D eigenvalue weighted by Crippen LogP contribution is -1.93. The molecule has 0 saturated carbocycles. The lowest BCUT2D eigenvalue weighted by Gasteiger charge is -2.07. The smallest absolute Gasteiger partial charge is 0.101 e. The van der Waals surface area contributed by atoms with Gasteiger partial charge in [0.2, 0.25) is 0 Å². The van der Waals surface area contributed by atoms with Gasteiger partial charge in [0.25, 0.3) is 0 Å². The van der Waals surface area contributed by atoms with Crippen molar-refractivity contribution in [3.8, 4) is 6.07 Å². The molecule has 0 aromatic heterocycles. The highest BCUT2D eigenvalue weighted by Crippen LogP contribution is 2.31. The summed E-state index contributed by atoms with van der Waals surface area (Å²) in [6.45, 7) is 0. The molecule has 0 amide bonds. The van der Waals surface area contributed by atoms with Gasteiger partial charge in [-0.05, 0) is 23.8 Å². The topological polar surface area (TPSA) is 49.8 Å². The van der Waals surface area contributed by atoms with Crippen LogP contribution in [-0.4, -0.2) is 0 Å². The Hall–Kier alpha value is -1.63. The highest BCUT2D eigenvalue weighted by Gasteiger charge is 2.06. The maximum atomic E-state index is 8.91. The highest BCUT2D eigenvalue weighted by molar-refractivity contribution is 7.98. The molecule has 2 aromatic rings. The monoisotopic (exact) mass is 274 g/mol. The van der Waals surface area contributed by atoms with Gasteiger partial charge in [-0.2, -0.15) is 5.26 Å². The first-order valence-corrected chi connectivity index (χ1v) is 6.73. The van der Waals surface area contributed by atoms with Gasteiger partial charge in [0.15, 0.2) is 0 Å². The number of nitrogens with zero attached hydrogens (tertiary/aromatic N) is 1. The zero-order valence-corrected chi connectivity index (χ0v) is 11.1. The highest BCUT2D eigenvalue weighted by atomic mass is 35.5. The van der Waals surface area contributed by atoms with E-state index >= 15 is 0 Å². The zero-order valence-electron chi connectivity index (χ0n) is 9.56. The van der Waals surface area contributed by atoms with E-state index in [4.69, 9.17) is 22.6 Å². The van der Waals surface area contributed by atoms with Crippen molar-refractivity contribution in [3.05, 3.63) is 58.6 Å². The van der Waals surface area contributed by atoms with Gasteiger partial charge in [-0.3, -0.25) is 0 Å². The van der Waals surface area contributed by atoms with Crippen LogP contribution in [-0.2, 0) is 5.75 Å². The molecular formula is C14H11ClN2S. The summed E-state index contributed by atoms with van der Waals surface area (Å²) in [6, 6.07) is 15.3. The molecule has 90 valence electrons. The fourth-order valence-electron chi connectivity index (χ4n) is 1.54. The van der Waals surface area contributed by atoms with Gasteiger partial charge >= 0.3 is 0 Å². The molecule has 2 aromatic carbocycles. The van der Waals surface area contributed by atoms with E-state index in [1.54, 1.807) is 17.8 Å². The molecule has 18 heavy (non-hydrogen) atoms. The quantitative estimate of drug-likeness (QED) is 0.677. The van der Waals surface area contributed by atoms with Crippen LogP contribution in [0.3, 0.4) is 0 Å². The van der Waals surface area contributed by atoms with Crippen LogP contribution in [0, 0.1) is 11.3 Å². The standard InChI is InChI=1S/C14H11ClN2S/c15-12-6-2-1-4-11(12)9-18-13-7-3-5-10(8-16)14(13)17/h1-7H,9,17H2. The molecule has 2 nitrogen and oxygen atoms in total. The summed E-state index contributed by atoms with van der Waals surface area (Å²) in [6.07, 6.45) is 0. The number of benzene rings is 2. The first-order chi connectivity index (χ1) is 8.72. The van der Waals surface area contributed by atoms with E-state index in [-0.39, 0.29) is 0 Å². The summed E-state index contributed by atoms with van der Waals surface area (Å²) in [5, 5.41) is 9.66. The van der Waals surface area contributed by atoms with E-state index in [2.05, 4.69) is 6.07 Å². The molecule has 0 saturated heterocycles. The SMILES string of the molecule is N#Cc1cccc(SCc2ccccc2Cl)c1N. The molecular weight excluding hydrogens is 264 g/mol. The molecule has 0 unspecified atom stereocenters. The van der Waals surface area contributed by atoms with Gasteiger partial charge in [-0.25, -0.2) is 0 Å². The number of nitrogen functional groups attached to an aromatic ring is 1. The van der Waals surface area contributed by atoms with Crippen molar-refractivity contribution in [3.63, 3.8) is 0 Å². The maximum absolute atomic E-state index is 8.91. The van der Waals surface area contributed by atoms with Gasteiger partial charge in [0.1, 0.15) is 6.07 Å². The Kier molecular flexibility index (Phi) is 4.14. The molecule has 0 radical (unpaired) electrons. The van der Waals surface area contributed by atoms with E-state index in [1.165, 1.54) is 0 Å². The number of thioether (sulfide) groups is 1. The van der Waals surface area contributed by atoms with Crippen LogP contribution in [0.1, 0.15) is 11.1 Å². The zero-order chi connectivity index (χ0) is 13.0. The van der Waals surface area contributed by atoms with Crippen molar-refractivity contribution in [2.24, 2.45) is 0 Å². The third-order valence-corrected chi connectivity index (χ3v) is 4.02. The van der Waals surface area contributed by atoms with Gasteiger partial charge in [0, 0.05) is 15.7 Å². The second-order valence-corrected chi connectivity index (χ2v) is 5.13. The fraction of sp³-hybridized carbons (Fsp3) is 0.0714. The molecule has 0 aliphatic heterocycles. The van der Waals surface area contributed by atoms with Gasteiger partial charge in [-0.1, -0.05) is 35.9 Å². The largest absolute Gasteiger partial charge is 0.397 e. The summed E-state index contributed by atoms with van der Waals surface area (Å²) in [4.78, 5) is 0.911. The van der Waals surface area contributed by atoms with Gasteiger partial charge < -0.3 is 5.73 Å². The summed E-state index contributed by atoms with van der Waals surface area (Å²) in [7, 11) is 0. The number of nitriles is 1. The Bertz CT molecular complexity index is 605. The van der Waals surface area contributed by atoms with Crippen LogP contribution < -0.4 is 5.73 Å². The number of anilines is 1. The van der Waals surface area contributed by atoms with Crippen molar-refractivity contribution in [1.82, 2.24) is 0 Å². The first-order valence-electron chi connectivity index (χ1n) is 5.37. The second-order valence-electron chi connectivity index (χ2n) is 3.71. The third-order valence-electron chi connectivity index (χ3n) is 2.53. The van der Waals surface area contributed by atoms with Gasteiger partial charge in [0.05, 0.1) is 11.3 Å². The Morgan fingerprint density at radius 3 is 2.67 bits per heavy atom. The van der Waals surface area contributed by atoms with E-state index in [0.717, 1.165) is 21.2 Å². The summed E-state index contributed by atoms with van der Waals surface area (Å²) < 4.78 is 0. The van der Waals surface area contributed by atoms with Crippen LogP contribution in [0.4, 0.5) is 5.69 Å². The molecule has 0 atom stereocenters. The lowest BCUT2D eigenvalue weighted by molar-refractivity contribution is 1.37. The van der Waals surface area contributed by atoms with Crippen LogP contribution in [0.5, 0.6) is 0 Å². The van der Waals surface area contributed by atoms with E-state index in [1.807, 2.05) is 36.4 Å². The van der Waals surface area contributed by atoms with Gasteiger partial charge in [-0.15, -0.1) is 11.8 Å². The fourth-order valence-corrected chi connectivity index (χ4v) is 2.82. The predicted octanol–water partition coefficient (Wildman–Crippen LogP) is 4.09. The number of para-hydroxylation sites is 1. The van der Waals surface area contributed by atoms with Crippen molar-refractivity contribution in [1.29, 1.82) is 5.26 Å². The molecule has 0 heterocycles. The summed E-state index contributed by atoms with van der Waals surface area (Å²) in [5.74, 6) is 0.735. The third kappa shape index (κ3) is 2.79. The number of hydrogen-bond donors (Lipinski definition) is 1. The van der Waals surface area contributed by atoms with E-state index in [0.29, 0.717) is 11.3 Å². The average molecular weight is 275 g/mol. The average Bonchev–Trinajstić information content (AvgIpc) is 2.39. The van der Waals surface area contributed by atoms with Crippen molar-refractivity contribution >= 4 is 29.1 Å².